The predicted molar refractivity (Wildman–Crippen MR) is 75.3 cm³/mol. The van der Waals surface area contributed by atoms with Gasteiger partial charge in [-0.2, -0.15) is 0 Å². The van der Waals surface area contributed by atoms with Crippen LogP contribution in [0.2, 0.25) is 0 Å². The summed E-state index contributed by atoms with van der Waals surface area (Å²) in [5.74, 6) is 0.694. The Balaban J connectivity index is 0.000000771. The fourth-order valence-corrected chi connectivity index (χ4v) is 1.97. The van der Waals surface area contributed by atoms with Crippen LogP contribution in [0.15, 0.2) is 17.1 Å². The molecule has 3 heteroatoms. The van der Waals surface area contributed by atoms with Crippen molar-refractivity contribution in [3.8, 4) is 0 Å². The highest BCUT2D eigenvalue weighted by Gasteiger charge is 2.24. The van der Waals surface area contributed by atoms with Gasteiger partial charge in [-0.1, -0.05) is 20.8 Å². The molecule has 0 aliphatic heterocycles. The van der Waals surface area contributed by atoms with E-state index in [0.29, 0.717) is 19.1 Å². The van der Waals surface area contributed by atoms with Crippen molar-refractivity contribution in [2.24, 2.45) is 0 Å². The second-order valence-electron chi connectivity index (χ2n) is 4.42. The van der Waals surface area contributed by atoms with Gasteiger partial charge in [0, 0.05) is 25.4 Å². The van der Waals surface area contributed by atoms with Crippen molar-refractivity contribution in [2.75, 3.05) is 13.7 Å². The Kier molecular flexibility index (Phi) is 6.13. The average Bonchev–Trinajstić information content (AvgIpc) is 3.24. The number of methoxy groups -OCH3 is 1. The Morgan fingerprint density at radius 3 is 2.56 bits per heavy atom. The third kappa shape index (κ3) is 3.70. The van der Waals surface area contributed by atoms with E-state index < -0.39 is 0 Å². The second-order valence-corrected chi connectivity index (χ2v) is 4.42. The van der Waals surface area contributed by atoms with Crippen LogP contribution >= 0.6 is 0 Å². The van der Waals surface area contributed by atoms with Crippen LogP contribution in [0.4, 0.5) is 0 Å². The van der Waals surface area contributed by atoms with E-state index in [9.17, 15) is 4.79 Å². The van der Waals surface area contributed by atoms with E-state index >= 15 is 0 Å². The summed E-state index contributed by atoms with van der Waals surface area (Å²) in [5, 5.41) is 0. The Morgan fingerprint density at radius 2 is 2.06 bits per heavy atom. The van der Waals surface area contributed by atoms with Crippen LogP contribution in [-0.2, 0) is 17.7 Å². The molecule has 0 unspecified atom stereocenters. The van der Waals surface area contributed by atoms with Gasteiger partial charge in [-0.05, 0) is 36.8 Å². The molecule has 1 aliphatic rings. The molecule has 1 saturated carbocycles. The molecular weight excluding hydrogens is 226 g/mol. The Labute approximate surface area is 110 Å². The largest absolute Gasteiger partial charge is 0.383 e. The molecule has 1 aromatic heterocycles. The summed E-state index contributed by atoms with van der Waals surface area (Å²) in [6.45, 7) is 7.29. The average molecular weight is 251 g/mol. The number of aromatic nitrogens is 1. The molecule has 0 aromatic carbocycles. The van der Waals surface area contributed by atoms with Gasteiger partial charge in [-0.3, -0.25) is 4.79 Å². The molecule has 1 fully saturated rings. The Morgan fingerprint density at radius 1 is 1.39 bits per heavy atom. The van der Waals surface area contributed by atoms with E-state index in [2.05, 4.69) is 6.07 Å². The van der Waals surface area contributed by atoms with Crippen LogP contribution in [0.3, 0.4) is 0 Å². The van der Waals surface area contributed by atoms with Crippen molar-refractivity contribution in [1.82, 2.24) is 4.57 Å². The first kappa shape index (κ1) is 15.0. The molecule has 1 aromatic rings. The predicted octanol–water partition coefficient (Wildman–Crippen LogP) is 2.96. The standard InChI is InChI=1S/C13H19NO2.C2H6/c1-3-10-8-12(11-4-5-11)9-14(13(10)15)6-7-16-2;1-2/h8-9,11H,3-7H2,1-2H3;1-2H3. The molecule has 0 spiro atoms. The van der Waals surface area contributed by atoms with Gasteiger partial charge in [-0.25, -0.2) is 0 Å². The van der Waals surface area contributed by atoms with Crippen molar-refractivity contribution in [2.45, 2.75) is 52.5 Å². The molecule has 1 heterocycles. The number of hydrogen-bond acceptors (Lipinski definition) is 2. The minimum absolute atomic E-state index is 0.143. The minimum Gasteiger partial charge on any atom is -0.383 e. The van der Waals surface area contributed by atoms with E-state index in [4.69, 9.17) is 4.74 Å². The molecule has 0 saturated heterocycles. The maximum absolute atomic E-state index is 12.0. The molecule has 1 aliphatic carbocycles. The molecule has 0 amide bonds. The maximum Gasteiger partial charge on any atom is 0.253 e. The van der Waals surface area contributed by atoms with Crippen LogP contribution in [0.25, 0.3) is 0 Å². The van der Waals surface area contributed by atoms with Gasteiger partial charge in [0.25, 0.3) is 5.56 Å². The SMILES string of the molecule is CC.CCc1cc(C2CC2)cn(CCOC)c1=O. The normalized spacial score (nSPS) is 14.0. The third-order valence-electron chi connectivity index (χ3n) is 3.15. The summed E-state index contributed by atoms with van der Waals surface area (Å²) in [7, 11) is 1.66. The molecule has 18 heavy (non-hydrogen) atoms. The first-order valence-corrected chi connectivity index (χ1v) is 6.98. The smallest absolute Gasteiger partial charge is 0.253 e. The van der Waals surface area contributed by atoms with Gasteiger partial charge >= 0.3 is 0 Å². The van der Waals surface area contributed by atoms with Crippen molar-refractivity contribution >= 4 is 0 Å². The Hall–Kier alpha value is -1.09. The number of rotatable bonds is 5. The second kappa shape index (κ2) is 7.37. The quantitative estimate of drug-likeness (QED) is 0.805. The van der Waals surface area contributed by atoms with Crippen LogP contribution in [0, 0.1) is 0 Å². The van der Waals surface area contributed by atoms with Crippen LogP contribution in [0.5, 0.6) is 0 Å². The van der Waals surface area contributed by atoms with Gasteiger partial charge in [0.1, 0.15) is 0 Å². The molecule has 3 nitrogen and oxygen atoms in total. The molecule has 102 valence electrons. The van der Waals surface area contributed by atoms with Gasteiger partial charge in [0.2, 0.25) is 0 Å². The van der Waals surface area contributed by atoms with Crippen LogP contribution < -0.4 is 5.56 Å². The van der Waals surface area contributed by atoms with Gasteiger partial charge < -0.3 is 9.30 Å². The monoisotopic (exact) mass is 251 g/mol. The zero-order valence-corrected chi connectivity index (χ0v) is 12.0. The molecule has 0 bridgehead atoms. The zero-order valence-electron chi connectivity index (χ0n) is 12.0. The maximum atomic E-state index is 12.0. The number of ether oxygens (including phenoxy) is 1. The lowest BCUT2D eigenvalue weighted by atomic mass is 10.1. The van der Waals surface area contributed by atoms with E-state index in [0.717, 1.165) is 12.0 Å². The fourth-order valence-electron chi connectivity index (χ4n) is 1.97. The summed E-state index contributed by atoms with van der Waals surface area (Å²) in [6, 6.07) is 2.09. The highest BCUT2D eigenvalue weighted by atomic mass is 16.5. The molecule has 2 rings (SSSR count). The van der Waals surface area contributed by atoms with Crippen molar-refractivity contribution < 1.29 is 4.74 Å². The summed E-state index contributed by atoms with van der Waals surface area (Å²) in [5.41, 5.74) is 2.40. The molecule has 0 N–H and O–H groups in total. The first-order valence-electron chi connectivity index (χ1n) is 6.98. The molecular formula is C15H25NO2. The van der Waals surface area contributed by atoms with E-state index in [1.54, 1.807) is 11.7 Å². The number of aryl methyl sites for hydroxylation is 1. The minimum atomic E-state index is 0.143. The molecule has 0 atom stereocenters. The van der Waals surface area contributed by atoms with Crippen LogP contribution in [0.1, 0.15) is 50.7 Å². The highest BCUT2D eigenvalue weighted by molar-refractivity contribution is 5.26. The zero-order chi connectivity index (χ0) is 13.5. The van der Waals surface area contributed by atoms with E-state index in [1.165, 1.54) is 18.4 Å². The van der Waals surface area contributed by atoms with Crippen LogP contribution in [-0.4, -0.2) is 18.3 Å². The highest BCUT2D eigenvalue weighted by Crippen LogP contribution is 2.39. The number of pyridine rings is 1. The third-order valence-corrected chi connectivity index (χ3v) is 3.15. The summed E-state index contributed by atoms with van der Waals surface area (Å²) >= 11 is 0. The fraction of sp³-hybridized carbons (Fsp3) is 0.667. The lowest BCUT2D eigenvalue weighted by Gasteiger charge is -2.10. The van der Waals surface area contributed by atoms with E-state index in [1.807, 2.05) is 27.0 Å². The van der Waals surface area contributed by atoms with Crippen molar-refractivity contribution in [1.29, 1.82) is 0 Å². The van der Waals surface area contributed by atoms with Gasteiger partial charge in [0.05, 0.1) is 6.61 Å². The summed E-state index contributed by atoms with van der Waals surface area (Å²) < 4.78 is 6.83. The molecule has 0 radical (unpaired) electrons. The lowest BCUT2D eigenvalue weighted by molar-refractivity contribution is 0.186. The number of nitrogens with zero attached hydrogens (tertiary/aromatic N) is 1. The van der Waals surface area contributed by atoms with E-state index in [-0.39, 0.29) is 5.56 Å². The lowest BCUT2D eigenvalue weighted by Crippen LogP contribution is -2.25. The van der Waals surface area contributed by atoms with Gasteiger partial charge in [0.15, 0.2) is 0 Å². The van der Waals surface area contributed by atoms with Crippen molar-refractivity contribution in [3.05, 3.63) is 33.7 Å². The first-order chi connectivity index (χ1) is 8.76. The topological polar surface area (TPSA) is 31.2 Å². The summed E-state index contributed by atoms with van der Waals surface area (Å²) in [6.07, 6.45) is 5.36. The van der Waals surface area contributed by atoms with Gasteiger partial charge in [-0.15, -0.1) is 0 Å². The van der Waals surface area contributed by atoms with Crippen molar-refractivity contribution in [3.63, 3.8) is 0 Å². The Bertz CT molecular complexity index is 419. The number of hydrogen-bond donors (Lipinski definition) is 0. The summed E-state index contributed by atoms with van der Waals surface area (Å²) in [4.78, 5) is 12.0.